The minimum absolute atomic E-state index is 0.168. The van der Waals surface area contributed by atoms with Gasteiger partial charge >= 0.3 is 0 Å². The lowest BCUT2D eigenvalue weighted by molar-refractivity contribution is 0.0283. The monoisotopic (exact) mass is 409 g/mol. The van der Waals surface area contributed by atoms with Gasteiger partial charge in [-0.05, 0) is 62.2 Å². The van der Waals surface area contributed by atoms with Gasteiger partial charge in [0.1, 0.15) is 5.75 Å². The van der Waals surface area contributed by atoms with E-state index in [1.165, 1.54) is 18.4 Å². The lowest BCUT2D eigenvalue weighted by Crippen LogP contribution is -2.48. The topological polar surface area (TPSA) is 48.6 Å². The molecule has 2 saturated heterocycles. The molecule has 2 aliphatic rings. The van der Waals surface area contributed by atoms with Crippen molar-refractivity contribution in [2.75, 3.05) is 32.8 Å². The van der Waals surface area contributed by atoms with Crippen molar-refractivity contribution in [1.82, 2.24) is 14.8 Å². The Bertz CT molecular complexity index is 813. The molecule has 4 rings (SSSR count). The first-order valence-corrected chi connectivity index (χ1v) is 11.4. The van der Waals surface area contributed by atoms with Crippen LogP contribution < -0.4 is 4.74 Å². The van der Waals surface area contributed by atoms with E-state index in [-0.39, 0.29) is 5.91 Å². The Morgan fingerprint density at radius 3 is 2.43 bits per heavy atom. The van der Waals surface area contributed by atoms with E-state index >= 15 is 0 Å². The second kappa shape index (κ2) is 9.25. The fourth-order valence-corrected chi connectivity index (χ4v) is 4.78. The minimum Gasteiger partial charge on any atom is -0.493 e. The predicted molar refractivity (Wildman–Crippen MR) is 120 cm³/mol. The summed E-state index contributed by atoms with van der Waals surface area (Å²) in [6, 6.07) is 10.3. The van der Waals surface area contributed by atoms with Gasteiger partial charge in [-0.2, -0.15) is 0 Å². The summed E-state index contributed by atoms with van der Waals surface area (Å²) in [6.45, 7) is 10.1. The van der Waals surface area contributed by atoms with Crippen molar-refractivity contribution in [1.29, 1.82) is 0 Å². The number of carbonyl (C=O) groups is 1. The summed E-state index contributed by atoms with van der Waals surface area (Å²) in [5.41, 5.74) is 2.49. The van der Waals surface area contributed by atoms with Crippen LogP contribution in [0.25, 0.3) is 0 Å². The maximum Gasteiger partial charge on any atom is 0.255 e. The highest BCUT2D eigenvalue weighted by atomic mass is 16.5. The van der Waals surface area contributed by atoms with Gasteiger partial charge in [0.15, 0.2) is 0 Å². The number of nitrogens with one attached hydrogen (secondary N) is 1. The van der Waals surface area contributed by atoms with Crippen LogP contribution in [0.5, 0.6) is 5.75 Å². The molecule has 0 atom stereocenters. The molecule has 0 unspecified atom stereocenters. The molecule has 1 amide bonds. The molecule has 1 N–H and O–H groups in total. The summed E-state index contributed by atoms with van der Waals surface area (Å²) < 4.78 is 6.05. The van der Waals surface area contributed by atoms with Crippen molar-refractivity contribution in [2.45, 2.75) is 46.1 Å². The van der Waals surface area contributed by atoms with Crippen molar-refractivity contribution < 1.29 is 9.53 Å². The summed E-state index contributed by atoms with van der Waals surface area (Å²) in [7, 11) is 0. The van der Waals surface area contributed by atoms with E-state index in [1.54, 1.807) is 6.20 Å². The molecule has 0 aliphatic carbocycles. The Hall–Kier alpha value is -2.27. The van der Waals surface area contributed by atoms with Crippen molar-refractivity contribution in [3.05, 3.63) is 53.9 Å². The fourth-order valence-electron chi connectivity index (χ4n) is 4.78. The fraction of sp³-hybridized carbons (Fsp3) is 0.560. The molecule has 2 aromatic rings. The van der Waals surface area contributed by atoms with Crippen LogP contribution in [-0.2, 0) is 6.54 Å². The van der Waals surface area contributed by atoms with Crippen molar-refractivity contribution in [3.63, 3.8) is 0 Å². The van der Waals surface area contributed by atoms with Gasteiger partial charge in [-0.25, -0.2) is 0 Å². The van der Waals surface area contributed by atoms with E-state index in [1.807, 2.05) is 17.2 Å². The highest BCUT2D eigenvalue weighted by molar-refractivity contribution is 5.94. The SMILES string of the molecule is CC(C)COc1ccccc1CN1CCC2(CC1)CCN(C(=O)c1cc[nH]c1)CC2. The Morgan fingerprint density at radius 2 is 1.77 bits per heavy atom. The van der Waals surface area contributed by atoms with E-state index in [9.17, 15) is 4.79 Å². The molecule has 1 aromatic heterocycles. The third-order valence-electron chi connectivity index (χ3n) is 6.81. The van der Waals surface area contributed by atoms with Gasteiger partial charge in [0.05, 0.1) is 12.2 Å². The average molecular weight is 410 g/mol. The molecule has 0 radical (unpaired) electrons. The van der Waals surface area contributed by atoms with Crippen molar-refractivity contribution in [3.8, 4) is 5.75 Å². The lowest BCUT2D eigenvalue weighted by Gasteiger charge is -2.47. The number of benzene rings is 1. The number of amides is 1. The summed E-state index contributed by atoms with van der Waals surface area (Å²) >= 11 is 0. The Balaban J connectivity index is 1.28. The number of piperidine rings is 2. The molecule has 0 bridgehead atoms. The summed E-state index contributed by atoms with van der Waals surface area (Å²) in [5.74, 6) is 1.73. The van der Waals surface area contributed by atoms with Crippen LogP contribution >= 0.6 is 0 Å². The summed E-state index contributed by atoms with van der Waals surface area (Å²) in [4.78, 5) is 20.2. The number of ether oxygens (including phenoxy) is 1. The van der Waals surface area contributed by atoms with Crippen LogP contribution in [0.3, 0.4) is 0 Å². The largest absolute Gasteiger partial charge is 0.493 e. The Labute approximate surface area is 180 Å². The van der Waals surface area contributed by atoms with Crippen LogP contribution in [0, 0.1) is 11.3 Å². The van der Waals surface area contributed by atoms with Gasteiger partial charge in [-0.1, -0.05) is 32.0 Å². The first-order chi connectivity index (χ1) is 14.5. The molecule has 162 valence electrons. The molecule has 1 spiro atoms. The number of hydrogen-bond donors (Lipinski definition) is 1. The first-order valence-electron chi connectivity index (χ1n) is 11.4. The summed E-state index contributed by atoms with van der Waals surface area (Å²) in [6.07, 6.45) is 8.34. The molecule has 0 saturated carbocycles. The zero-order valence-electron chi connectivity index (χ0n) is 18.4. The smallest absolute Gasteiger partial charge is 0.255 e. The van der Waals surface area contributed by atoms with Crippen LogP contribution in [0.15, 0.2) is 42.7 Å². The van der Waals surface area contributed by atoms with Gasteiger partial charge < -0.3 is 14.6 Å². The third-order valence-corrected chi connectivity index (χ3v) is 6.81. The summed E-state index contributed by atoms with van der Waals surface area (Å²) in [5, 5.41) is 0. The molecule has 2 aliphatic heterocycles. The number of carbonyl (C=O) groups excluding carboxylic acids is 1. The maximum absolute atomic E-state index is 12.6. The third kappa shape index (κ3) is 4.89. The number of para-hydroxylation sites is 1. The second-order valence-electron chi connectivity index (χ2n) is 9.48. The zero-order chi connectivity index (χ0) is 21.0. The van der Waals surface area contributed by atoms with Crippen LogP contribution in [0.4, 0.5) is 0 Å². The number of rotatable bonds is 6. The molecule has 30 heavy (non-hydrogen) atoms. The van der Waals surface area contributed by atoms with E-state index < -0.39 is 0 Å². The number of aromatic amines is 1. The molecule has 5 heteroatoms. The Kier molecular flexibility index (Phi) is 6.47. The standard InChI is InChI=1S/C25H35N3O2/c1-20(2)19-30-23-6-4-3-5-22(23)18-27-13-8-25(9-14-27)10-15-28(16-11-25)24(29)21-7-12-26-17-21/h3-7,12,17,20,26H,8-11,13-16,18-19H2,1-2H3. The number of aromatic nitrogens is 1. The predicted octanol–water partition coefficient (Wildman–Crippen LogP) is 4.57. The van der Waals surface area contributed by atoms with Gasteiger partial charge in [0.2, 0.25) is 0 Å². The average Bonchev–Trinajstić information content (AvgIpc) is 3.30. The van der Waals surface area contributed by atoms with Crippen LogP contribution in [0.1, 0.15) is 55.5 Å². The van der Waals surface area contributed by atoms with Crippen molar-refractivity contribution >= 4 is 5.91 Å². The first kappa shape index (κ1) is 21.0. The van der Waals surface area contributed by atoms with Crippen LogP contribution in [-0.4, -0.2) is 53.5 Å². The van der Waals surface area contributed by atoms with E-state index in [4.69, 9.17) is 4.74 Å². The number of hydrogen-bond acceptors (Lipinski definition) is 3. The van der Waals surface area contributed by atoms with Gasteiger partial charge in [0.25, 0.3) is 5.91 Å². The quantitative estimate of drug-likeness (QED) is 0.760. The molecule has 1 aromatic carbocycles. The Morgan fingerprint density at radius 1 is 1.07 bits per heavy atom. The van der Waals surface area contributed by atoms with Crippen molar-refractivity contribution in [2.24, 2.45) is 11.3 Å². The number of H-pyrrole nitrogens is 1. The van der Waals surface area contributed by atoms with E-state index in [2.05, 4.69) is 48.0 Å². The molecular formula is C25H35N3O2. The van der Waals surface area contributed by atoms with Gasteiger partial charge in [0, 0.05) is 37.6 Å². The number of nitrogens with zero attached hydrogens (tertiary/aromatic N) is 2. The molecule has 5 nitrogen and oxygen atoms in total. The number of likely N-dealkylation sites (tertiary alicyclic amines) is 2. The lowest BCUT2D eigenvalue weighted by atomic mass is 9.71. The second-order valence-corrected chi connectivity index (χ2v) is 9.48. The normalized spacial score (nSPS) is 19.4. The molecule has 2 fully saturated rings. The minimum atomic E-state index is 0.168. The highest BCUT2D eigenvalue weighted by Gasteiger charge is 2.38. The highest BCUT2D eigenvalue weighted by Crippen LogP contribution is 2.42. The maximum atomic E-state index is 12.6. The van der Waals surface area contributed by atoms with Crippen LogP contribution in [0.2, 0.25) is 0 Å². The zero-order valence-corrected chi connectivity index (χ0v) is 18.4. The van der Waals surface area contributed by atoms with E-state index in [0.717, 1.165) is 63.5 Å². The van der Waals surface area contributed by atoms with Gasteiger partial charge in [-0.3, -0.25) is 9.69 Å². The van der Waals surface area contributed by atoms with E-state index in [0.29, 0.717) is 11.3 Å². The molecular weight excluding hydrogens is 374 g/mol. The molecule has 3 heterocycles. The van der Waals surface area contributed by atoms with Gasteiger partial charge in [-0.15, -0.1) is 0 Å².